The quantitative estimate of drug-likeness (QED) is 0.408. The molecule has 0 unspecified atom stereocenters. The molecule has 0 saturated carbocycles. The van der Waals surface area contributed by atoms with Crippen LogP contribution in [0.25, 0.3) is 0 Å². The van der Waals surface area contributed by atoms with Gasteiger partial charge in [-0.15, -0.1) is 24.0 Å². The lowest BCUT2D eigenvalue weighted by Gasteiger charge is -2.21. The maximum atomic E-state index is 13.6. The lowest BCUT2D eigenvalue weighted by molar-refractivity contribution is -0.0172. The van der Waals surface area contributed by atoms with Crippen LogP contribution in [-0.2, 0) is 17.8 Å². The Morgan fingerprint density at radius 3 is 2.96 bits per heavy atom. The summed E-state index contributed by atoms with van der Waals surface area (Å²) >= 11 is 0. The van der Waals surface area contributed by atoms with E-state index in [-0.39, 0.29) is 36.6 Å². The number of guanidine groups is 1. The number of rotatable bonds is 6. The zero-order valence-electron chi connectivity index (χ0n) is 13.6. The van der Waals surface area contributed by atoms with Crippen molar-refractivity contribution in [3.8, 4) is 5.75 Å². The van der Waals surface area contributed by atoms with Crippen molar-refractivity contribution in [1.29, 1.82) is 0 Å². The van der Waals surface area contributed by atoms with E-state index < -0.39 is 0 Å². The molecule has 7 heteroatoms. The highest BCUT2D eigenvalue weighted by molar-refractivity contribution is 14.0. The molecule has 0 spiro atoms. The number of benzene rings is 1. The Kier molecular flexibility index (Phi) is 8.60. The van der Waals surface area contributed by atoms with Crippen molar-refractivity contribution in [1.82, 2.24) is 5.32 Å². The SMILES string of the molecule is CC(C)CCN=C(N)NCCc1cc(F)cc2c1OCOC2.I. The van der Waals surface area contributed by atoms with Gasteiger partial charge in [-0.3, -0.25) is 4.99 Å². The van der Waals surface area contributed by atoms with Crippen LogP contribution in [-0.4, -0.2) is 25.8 Å². The lowest BCUT2D eigenvalue weighted by Crippen LogP contribution is -2.33. The highest BCUT2D eigenvalue weighted by atomic mass is 127. The second-order valence-corrected chi connectivity index (χ2v) is 5.79. The Balaban J connectivity index is 0.00000264. The summed E-state index contributed by atoms with van der Waals surface area (Å²) in [5.41, 5.74) is 7.38. The summed E-state index contributed by atoms with van der Waals surface area (Å²) in [6.07, 6.45) is 1.62. The number of fused-ring (bicyclic) bond motifs is 1. The summed E-state index contributed by atoms with van der Waals surface area (Å²) in [6, 6.07) is 2.95. The molecule has 0 aromatic heterocycles. The maximum Gasteiger partial charge on any atom is 0.189 e. The van der Waals surface area contributed by atoms with Gasteiger partial charge < -0.3 is 20.5 Å². The van der Waals surface area contributed by atoms with E-state index in [1.807, 2.05) is 0 Å². The van der Waals surface area contributed by atoms with Gasteiger partial charge in [0.25, 0.3) is 0 Å². The molecule has 1 aromatic rings. The summed E-state index contributed by atoms with van der Waals surface area (Å²) in [6.45, 7) is 6.18. The largest absolute Gasteiger partial charge is 0.467 e. The normalized spacial score (nSPS) is 14.0. The van der Waals surface area contributed by atoms with Crippen molar-refractivity contribution in [2.45, 2.75) is 33.3 Å². The Labute approximate surface area is 153 Å². The number of halogens is 2. The predicted octanol–water partition coefficient (Wildman–Crippen LogP) is 2.80. The summed E-state index contributed by atoms with van der Waals surface area (Å²) in [5.74, 6) is 1.48. The molecule has 5 nitrogen and oxygen atoms in total. The van der Waals surface area contributed by atoms with Gasteiger partial charge in [-0.05, 0) is 36.5 Å². The first-order valence-corrected chi connectivity index (χ1v) is 7.62. The van der Waals surface area contributed by atoms with E-state index in [2.05, 4.69) is 24.2 Å². The van der Waals surface area contributed by atoms with E-state index in [4.69, 9.17) is 15.2 Å². The van der Waals surface area contributed by atoms with Crippen LogP contribution in [0.2, 0.25) is 0 Å². The highest BCUT2D eigenvalue weighted by Crippen LogP contribution is 2.29. The zero-order valence-corrected chi connectivity index (χ0v) is 15.9. The molecule has 1 aliphatic heterocycles. The Morgan fingerprint density at radius 1 is 1.43 bits per heavy atom. The summed E-state index contributed by atoms with van der Waals surface area (Å²) in [7, 11) is 0. The van der Waals surface area contributed by atoms with E-state index in [0.29, 0.717) is 38.0 Å². The Morgan fingerprint density at radius 2 is 2.22 bits per heavy atom. The third-order valence-electron chi connectivity index (χ3n) is 3.44. The van der Waals surface area contributed by atoms with Gasteiger partial charge in [0, 0.05) is 18.7 Å². The average Bonchev–Trinajstić information content (AvgIpc) is 2.46. The van der Waals surface area contributed by atoms with Crippen LogP contribution in [0.15, 0.2) is 17.1 Å². The molecule has 130 valence electrons. The second kappa shape index (κ2) is 9.92. The number of nitrogens with two attached hydrogens (primary N) is 1. The standard InChI is InChI=1S/C16H24FN3O2.HI/c1-11(2)3-5-19-16(18)20-6-4-12-7-14(17)8-13-9-21-10-22-15(12)13;/h7-8,11H,3-6,9-10H2,1-2H3,(H3,18,19,20);1H. The number of aliphatic imine (C=N–C) groups is 1. The van der Waals surface area contributed by atoms with Gasteiger partial charge in [0.1, 0.15) is 11.6 Å². The number of nitrogens with one attached hydrogen (secondary N) is 1. The number of nitrogens with zero attached hydrogens (tertiary/aromatic N) is 1. The van der Waals surface area contributed by atoms with Crippen molar-refractivity contribution in [2.24, 2.45) is 16.6 Å². The zero-order chi connectivity index (χ0) is 15.9. The van der Waals surface area contributed by atoms with Gasteiger partial charge >= 0.3 is 0 Å². The van der Waals surface area contributed by atoms with Crippen molar-refractivity contribution >= 4 is 29.9 Å². The molecule has 0 fully saturated rings. The molecule has 0 radical (unpaired) electrons. The van der Waals surface area contributed by atoms with Gasteiger partial charge in [0.2, 0.25) is 0 Å². The van der Waals surface area contributed by atoms with Crippen LogP contribution in [0.3, 0.4) is 0 Å². The fourth-order valence-corrected chi connectivity index (χ4v) is 2.27. The van der Waals surface area contributed by atoms with Crippen LogP contribution in [0.1, 0.15) is 31.4 Å². The van der Waals surface area contributed by atoms with E-state index in [9.17, 15) is 4.39 Å². The van der Waals surface area contributed by atoms with Crippen molar-refractivity contribution in [2.75, 3.05) is 19.9 Å². The second-order valence-electron chi connectivity index (χ2n) is 5.79. The third-order valence-corrected chi connectivity index (χ3v) is 3.44. The smallest absolute Gasteiger partial charge is 0.189 e. The van der Waals surface area contributed by atoms with Crippen LogP contribution in [0.4, 0.5) is 4.39 Å². The molecule has 23 heavy (non-hydrogen) atoms. The molecule has 1 aliphatic rings. The van der Waals surface area contributed by atoms with Crippen molar-refractivity contribution in [3.05, 3.63) is 29.1 Å². The first-order valence-electron chi connectivity index (χ1n) is 7.62. The summed E-state index contributed by atoms with van der Waals surface area (Å²) in [5, 5.41) is 3.05. The molecule has 0 aliphatic carbocycles. The van der Waals surface area contributed by atoms with Crippen LogP contribution in [0.5, 0.6) is 5.75 Å². The Hall–Kier alpha value is -1.09. The molecule has 1 aromatic carbocycles. The minimum atomic E-state index is -0.276. The van der Waals surface area contributed by atoms with Crippen LogP contribution >= 0.6 is 24.0 Å². The molecule has 2 rings (SSSR count). The molecular weight excluding hydrogens is 412 g/mol. The minimum absolute atomic E-state index is 0. The Bertz CT molecular complexity index is 538. The fourth-order valence-electron chi connectivity index (χ4n) is 2.27. The van der Waals surface area contributed by atoms with E-state index >= 15 is 0 Å². The number of hydrogen-bond acceptors (Lipinski definition) is 3. The monoisotopic (exact) mass is 437 g/mol. The topological polar surface area (TPSA) is 68.9 Å². The predicted molar refractivity (Wildman–Crippen MR) is 99.8 cm³/mol. The van der Waals surface area contributed by atoms with Crippen LogP contribution < -0.4 is 15.8 Å². The highest BCUT2D eigenvalue weighted by Gasteiger charge is 2.16. The molecule has 1 heterocycles. The first kappa shape index (κ1) is 20.0. The van der Waals surface area contributed by atoms with E-state index in [1.165, 1.54) is 12.1 Å². The third kappa shape index (κ3) is 6.50. The van der Waals surface area contributed by atoms with E-state index in [1.54, 1.807) is 0 Å². The van der Waals surface area contributed by atoms with Crippen molar-refractivity contribution in [3.63, 3.8) is 0 Å². The first-order chi connectivity index (χ1) is 10.6. The van der Waals surface area contributed by atoms with Crippen LogP contribution in [0, 0.1) is 11.7 Å². The lowest BCUT2D eigenvalue weighted by atomic mass is 10.1. The molecule has 0 amide bonds. The summed E-state index contributed by atoms with van der Waals surface area (Å²) < 4.78 is 24.3. The molecule has 3 N–H and O–H groups in total. The fraction of sp³-hybridized carbons (Fsp3) is 0.562. The molecule has 0 atom stereocenters. The minimum Gasteiger partial charge on any atom is -0.467 e. The van der Waals surface area contributed by atoms with Gasteiger partial charge in [-0.25, -0.2) is 4.39 Å². The summed E-state index contributed by atoms with van der Waals surface area (Å²) in [4.78, 5) is 4.26. The molecule has 0 bridgehead atoms. The molecule has 0 saturated heterocycles. The maximum absolute atomic E-state index is 13.6. The van der Waals surface area contributed by atoms with E-state index in [0.717, 1.165) is 23.3 Å². The van der Waals surface area contributed by atoms with Crippen molar-refractivity contribution < 1.29 is 13.9 Å². The average molecular weight is 437 g/mol. The van der Waals surface area contributed by atoms with Gasteiger partial charge in [0.05, 0.1) is 6.61 Å². The van der Waals surface area contributed by atoms with Gasteiger partial charge in [0.15, 0.2) is 12.8 Å². The number of hydrogen-bond donors (Lipinski definition) is 2. The number of ether oxygens (including phenoxy) is 2. The molecular formula is C16H25FIN3O2. The van der Waals surface area contributed by atoms with Gasteiger partial charge in [-0.2, -0.15) is 0 Å². The van der Waals surface area contributed by atoms with Gasteiger partial charge in [-0.1, -0.05) is 13.8 Å².